The fourth-order valence-electron chi connectivity index (χ4n) is 1.77. The van der Waals surface area contributed by atoms with Crippen LogP contribution < -0.4 is 5.32 Å². The van der Waals surface area contributed by atoms with Crippen LogP contribution in [0.3, 0.4) is 0 Å². The molecule has 1 aromatic heterocycles. The summed E-state index contributed by atoms with van der Waals surface area (Å²) in [4.78, 5) is 0. The molecule has 0 radical (unpaired) electrons. The number of aromatic nitrogens is 2. The highest BCUT2D eigenvalue weighted by Gasteiger charge is 2.14. The van der Waals surface area contributed by atoms with Gasteiger partial charge in [-0.05, 0) is 38.1 Å². The maximum Gasteiger partial charge on any atom is 0.147 e. The zero-order chi connectivity index (χ0) is 13.1. The second kappa shape index (κ2) is 5.78. The standard InChI is InChI=1S/C13H16ClN3S/c1-4-11(15-3)13-17-16-12(18-13)9-5-6-10(14)8(2)7-9/h5-7,11,15H,4H2,1-3H3. The highest BCUT2D eigenvalue weighted by Crippen LogP contribution is 2.29. The minimum Gasteiger partial charge on any atom is -0.311 e. The molecule has 18 heavy (non-hydrogen) atoms. The molecule has 0 aliphatic heterocycles. The van der Waals surface area contributed by atoms with Crippen LogP contribution in [-0.2, 0) is 0 Å². The molecule has 2 aromatic rings. The molecular weight excluding hydrogens is 266 g/mol. The van der Waals surface area contributed by atoms with E-state index < -0.39 is 0 Å². The molecule has 0 bridgehead atoms. The van der Waals surface area contributed by atoms with E-state index in [0.29, 0.717) is 0 Å². The largest absolute Gasteiger partial charge is 0.311 e. The predicted octanol–water partition coefficient (Wildman–Crippen LogP) is 3.84. The maximum atomic E-state index is 6.03. The lowest BCUT2D eigenvalue weighted by Gasteiger charge is -2.08. The predicted molar refractivity (Wildman–Crippen MR) is 77.2 cm³/mol. The molecular formula is C13H16ClN3S. The molecule has 0 aliphatic rings. The van der Waals surface area contributed by atoms with Gasteiger partial charge in [0.1, 0.15) is 10.0 Å². The Labute approximate surface area is 116 Å². The van der Waals surface area contributed by atoms with Crippen LogP contribution in [0.25, 0.3) is 10.6 Å². The maximum absolute atomic E-state index is 6.03. The molecule has 1 aromatic carbocycles. The molecule has 0 amide bonds. The molecule has 0 saturated heterocycles. The second-order valence-corrected chi connectivity index (χ2v) is 5.58. The molecule has 1 N–H and O–H groups in total. The summed E-state index contributed by atoms with van der Waals surface area (Å²) in [6.07, 6.45) is 1.00. The van der Waals surface area contributed by atoms with Gasteiger partial charge in [-0.15, -0.1) is 10.2 Å². The van der Waals surface area contributed by atoms with E-state index in [1.54, 1.807) is 11.3 Å². The molecule has 0 spiro atoms. The van der Waals surface area contributed by atoms with Gasteiger partial charge in [-0.3, -0.25) is 0 Å². The monoisotopic (exact) mass is 281 g/mol. The van der Waals surface area contributed by atoms with E-state index in [0.717, 1.165) is 32.6 Å². The van der Waals surface area contributed by atoms with Crippen molar-refractivity contribution in [1.29, 1.82) is 0 Å². The lowest BCUT2D eigenvalue weighted by Crippen LogP contribution is -2.14. The van der Waals surface area contributed by atoms with Gasteiger partial charge in [0.05, 0.1) is 6.04 Å². The minimum absolute atomic E-state index is 0.282. The second-order valence-electron chi connectivity index (χ2n) is 4.16. The Bertz CT molecular complexity index is 535. The quantitative estimate of drug-likeness (QED) is 0.925. The molecule has 1 heterocycles. The Kier molecular flexibility index (Phi) is 4.32. The third-order valence-corrected chi connectivity index (χ3v) is 4.41. The van der Waals surface area contributed by atoms with Gasteiger partial charge in [0.25, 0.3) is 0 Å². The number of halogens is 1. The van der Waals surface area contributed by atoms with E-state index in [2.05, 4.69) is 22.4 Å². The van der Waals surface area contributed by atoms with Crippen LogP contribution in [0.2, 0.25) is 5.02 Å². The van der Waals surface area contributed by atoms with Crippen LogP contribution in [0.5, 0.6) is 0 Å². The molecule has 0 fully saturated rings. The number of rotatable bonds is 4. The summed E-state index contributed by atoms with van der Waals surface area (Å²) in [6.45, 7) is 4.13. The van der Waals surface area contributed by atoms with E-state index >= 15 is 0 Å². The Morgan fingerprint density at radius 3 is 2.78 bits per heavy atom. The summed E-state index contributed by atoms with van der Waals surface area (Å²) >= 11 is 7.66. The van der Waals surface area contributed by atoms with Crippen molar-refractivity contribution in [3.8, 4) is 10.6 Å². The number of benzene rings is 1. The first-order valence-corrected chi connectivity index (χ1v) is 7.12. The fraction of sp³-hybridized carbons (Fsp3) is 0.385. The van der Waals surface area contributed by atoms with Crippen molar-refractivity contribution < 1.29 is 0 Å². The van der Waals surface area contributed by atoms with Crippen molar-refractivity contribution in [2.75, 3.05) is 7.05 Å². The number of hydrogen-bond acceptors (Lipinski definition) is 4. The van der Waals surface area contributed by atoms with Crippen molar-refractivity contribution in [2.24, 2.45) is 0 Å². The lowest BCUT2D eigenvalue weighted by atomic mass is 10.1. The molecule has 96 valence electrons. The Morgan fingerprint density at radius 2 is 2.17 bits per heavy atom. The van der Waals surface area contributed by atoms with Crippen molar-refractivity contribution in [1.82, 2.24) is 15.5 Å². The average molecular weight is 282 g/mol. The van der Waals surface area contributed by atoms with Crippen molar-refractivity contribution in [2.45, 2.75) is 26.3 Å². The number of aryl methyl sites for hydroxylation is 1. The highest BCUT2D eigenvalue weighted by atomic mass is 35.5. The minimum atomic E-state index is 0.282. The van der Waals surface area contributed by atoms with Gasteiger partial charge in [-0.2, -0.15) is 0 Å². The number of nitrogens with one attached hydrogen (secondary N) is 1. The van der Waals surface area contributed by atoms with Gasteiger partial charge >= 0.3 is 0 Å². The number of nitrogens with zero attached hydrogens (tertiary/aromatic N) is 2. The van der Waals surface area contributed by atoms with Gasteiger partial charge in [-0.25, -0.2) is 0 Å². The van der Waals surface area contributed by atoms with Crippen molar-refractivity contribution in [3.63, 3.8) is 0 Å². The normalized spacial score (nSPS) is 12.7. The van der Waals surface area contributed by atoms with Crippen molar-refractivity contribution in [3.05, 3.63) is 33.8 Å². The van der Waals surface area contributed by atoms with Gasteiger partial charge < -0.3 is 5.32 Å². The molecule has 2 rings (SSSR count). The molecule has 3 nitrogen and oxygen atoms in total. The summed E-state index contributed by atoms with van der Waals surface area (Å²) < 4.78 is 0. The lowest BCUT2D eigenvalue weighted by molar-refractivity contribution is 0.568. The molecule has 5 heteroatoms. The van der Waals surface area contributed by atoms with Crippen LogP contribution in [0.1, 0.15) is 30.0 Å². The van der Waals surface area contributed by atoms with Crippen LogP contribution >= 0.6 is 22.9 Å². The zero-order valence-corrected chi connectivity index (χ0v) is 12.3. The molecule has 0 saturated carbocycles. The van der Waals surface area contributed by atoms with Gasteiger partial charge in [-0.1, -0.05) is 35.9 Å². The Hall–Kier alpha value is -0.970. The Balaban J connectivity index is 2.31. The van der Waals surface area contributed by atoms with E-state index in [1.165, 1.54) is 0 Å². The van der Waals surface area contributed by atoms with E-state index in [4.69, 9.17) is 11.6 Å². The Morgan fingerprint density at radius 1 is 1.39 bits per heavy atom. The fourth-order valence-corrected chi connectivity index (χ4v) is 2.92. The van der Waals surface area contributed by atoms with Gasteiger partial charge in [0.2, 0.25) is 0 Å². The van der Waals surface area contributed by atoms with E-state index in [-0.39, 0.29) is 6.04 Å². The first-order chi connectivity index (χ1) is 8.65. The molecule has 0 aliphatic carbocycles. The first-order valence-electron chi connectivity index (χ1n) is 5.93. The van der Waals surface area contributed by atoms with Crippen molar-refractivity contribution >= 4 is 22.9 Å². The van der Waals surface area contributed by atoms with Gasteiger partial charge in [0.15, 0.2) is 0 Å². The molecule has 1 unspecified atom stereocenters. The first kappa shape index (κ1) is 13.5. The summed E-state index contributed by atoms with van der Waals surface area (Å²) in [7, 11) is 1.95. The third-order valence-electron chi connectivity index (χ3n) is 2.90. The summed E-state index contributed by atoms with van der Waals surface area (Å²) in [5, 5.41) is 14.5. The topological polar surface area (TPSA) is 37.8 Å². The molecule has 1 atom stereocenters. The summed E-state index contributed by atoms with van der Waals surface area (Å²) in [5.41, 5.74) is 2.14. The van der Waals surface area contributed by atoms with Crippen LogP contribution in [0.4, 0.5) is 0 Å². The van der Waals surface area contributed by atoms with E-state index in [1.807, 2.05) is 32.2 Å². The number of hydrogen-bond donors (Lipinski definition) is 1. The van der Waals surface area contributed by atoms with Crippen LogP contribution in [0, 0.1) is 6.92 Å². The SMILES string of the molecule is CCC(NC)c1nnc(-c2ccc(Cl)c(C)c2)s1. The van der Waals surface area contributed by atoms with E-state index in [9.17, 15) is 0 Å². The zero-order valence-electron chi connectivity index (χ0n) is 10.7. The highest BCUT2D eigenvalue weighted by molar-refractivity contribution is 7.14. The summed E-state index contributed by atoms with van der Waals surface area (Å²) in [6, 6.07) is 6.22. The average Bonchev–Trinajstić information content (AvgIpc) is 2.84. The van der Waals surface area contributed by atoms with Crippen LogP contribution in [0.15, 0.2) is 18.2 Å². The smallest absolute Gasteiger partial charge is 0.147 e. The summed E-state index contributed by atoms with van der Waals surface area (Å²) in [5.74, 6) is 0. The third kappa shape index (κ3) is 2.71. The van der Waals surface area contributed by atoms with Gasteiger partial charge in [0, 0.05) is 10.6 Å². The van der Waals surface area contributed by atoms with Crippen LogP contribution in [-0.4, -0.2) is 17.2 Å².